The van der Waals surface area contributed by atoms with Crippen LogP contribution in [0.2, 0.25) is 0 Å². The van der Waals surface area contributed by atoms with Crippen LogP contribution in [0.1, 0.15) is 36.0 Å². The predicted molar refractivity (Wildman–Crippen MR) is 125 cm³/mol. The topological polar surface area (TPSA) is 217 Å². The monoisotopic (exact) mass is 488 g/mol. The Kier molecular flexibility index (Phi) is 7.51. The van der Waals surface area contributed by atoms with Gasteiger partial charge >= 0.3 is 0 Å². The number of hydrogen-bond acceptors (Lipinski definition) is 10. The van der Waals surface area contributed by atoms with Crippen LogP contribution in [-0.4, -0.2) is 36.3 Å². The number of nitrogens with zero attached hydrogens (tertiary/aromatic N) is 8. The Labute approximate surface area is 203 Å². The summed E-state index contributed by atoms with van der Waals surface area (Å²) in [6, 6.07) is 6.82. The van der Waals surface area contributed by atoms with E-state index in [1.54, 1.807) is 6.07 Å². The number of azo groups is 1. The highest BCUT2D eigenvalue weighted by molar-refractivity contribution is 5.90. The van der Waals surface area contributed by atoms with Gasteiger partial charge in [0.15, 0.2) is 17.3 Å². The van der Waals surface area contributed by atoms with E-state index in [1.165, 1.54) is 37.1 Å². The number of primary amides is 1. The number of carbonyl (C=O) groups is 2. The van der Waals surface area contributed by atoms with Gasteiger partial charge in [-0.25, -0.2) is 4.98 Å². The number of hydrogen-bond donors (Lipinski definition) is 3. The van der Waals surface area contributed by atoms with Crippen LogP contribution in [0.25, 0.3) is 5.82 Å². The van der Waals surface area contributed by atoms with Crippen LogP contribution in [0.3, 0.4) is 0 Å². The molecule has 4 N–H and O–H groups in total. The van der Waals surface area contributed by atoms with Crippen molar-refractivity contribution in [3.05, 3.63) is 51.6 Å². The van der Waals surface area contributed by atoms with E-state index in [-0.39, 0.29) is 52.8 Å². The van der Waals surface area contributed by atoms with Crippen molar-refractivity contribution >= 4 is 29.0 Å². The zero-order valence-corrected chi connectivity index (χ0v) is 19.3. The third-order valence-corrected chi connectivity index (χ3v) is 5.08. The van der Waals surface area contributed by atoms with Gasteiger partial charge in [-0.15, -0.1) is 10.2 Å². The second-order valence-corrected chi connectivity index (χ2v) is 7.53. The van der Waals surface area contributed by atoms with Crippen molar-refractivity contribution in [1.29, 1.82) is 10.5 Å². The molecule has 0 radical (unpaired) electrons. The fraction of sp³-hybridized carbons (Fsp3) is 0.227. The molecule has 3 heterocycles. The minimum atomic E-state index is -0.689. The number of carbonyl (C=O) groups excluding carboxylic acids is 2. The van der Waals surface area contributed by atoms with Crippen LogP contribution in [0.5, 0.6) is 5.88 Å². The fourth-order valence-electron chi connectivity index (χ4n) is 3.13. The molecule has 0 spiro atoms. The second kappa shape index (κ2) is 10.7. The van der Waals surface area contributed by atoms with Crippen molar-refractivity contribution in [2.24, 2.45) is 23.0 Å². The first-order valence-electron chi connectivity index (χ1n) is 10.4. The van der Waals surface area contributed by atoms with Crippen molar-refractivity contribution in [2.75, 3.05) is 5.32 Å². The summed E-state index contributed by atoms with van der Waals surface area (Å²) in [7, 11) is 1.28. The minimum Gasteiger partial charge on any atom is -0.493 e. The summed E-state index contributed by atoms with van der Waals surface area (Å²) in [6.07, 6.45) is 3.16. The van der Waals surface area contributed by atoms with E-state index in [9.17, 15) is 30.0 Å². The number of rotatable bonds is 8. The molecule has 0 bridgehead atoms. The molecule has 0 saturated heterocycles. The van der Waals surface area contributed by atoms with Gasteiger partial charge in [-0.05, 0) is 25.5 Å². The Bertz CT molecular complexity index is 1500. The van der Waals surface area contributed by atoms with Crippen LogP contribution in [0, 0.1) is 29.6 Å². The number of aromatic hydroxyl groups is 1. The Morgan fingerprint density at radius 2 is 1.94 bits per heavy atom. The molecule has 0 aliphatic heterocycles. The molecule has 0 aliphatic rings. The molecule has 0 fully saturated rings. The summed E-state index contributed by atoms with van der Waals surface area (Å²) in [5.41, 5.74) is 4.61. The van der Waals surface area contributed by atoms with Gasteiger partial charge in [-0.2, -0.15) is 20.3 Å². The predicted octanol–water partition coefficient (Wildman–Crippen LogP) is 1.73. The van der Waals surface area contributed by atoms with Crippen molar-refractivity contribution in [1.82, 2.24) is 19.3 Å². The standard InChI is InChI=1S/C22H20N10O4/c1-12-15(9-24)21(35)31(2)22(36)19(12)29-30-20-13(8-23)10-27-32(20)17-7-6-14(11-26-17)28-18(34)5-3-4-16(25)33/h6-7,10-11,35H,3-5H2,1-2H3,(H2,25,33)(H,28,34). The second-order valence-electron chi connectivity index (χ2n) is 7.53. The van der Waals surface area contributed by atoms with E-state index in [0.29, 0.717) is 12.1 Å². The van der Waals surface area contributed by atoms with Gasteiger partial charge in [-0.3, -0.25) is 19.0 Å². The van der Waals surface area contributed by atoms with E-state index < -0.39 is 17.3 Å². The number of nitrogens with one attached hydrogen (secondary N) is 1. The number of pyridine rings is 2. The van der Waals surface area contributed by atoms with Gasteiger partial charge in [0.05, 0.1) is 18.1 Å². The first-order valence-corrected chi connectivity index (χ1v) is 10.4. The van der Waals surface area contributed by atoms with E-state index in [4.69, 9.17) is 5.73 Å². The van der Waals surface area contributed by atoms with Crippen LogP contribution in [0.4, 0.5) is 17.2 Å². The van der Waals surface area contributed by atoms with Gasteiger partial charge in [-0.1, -0.05) is 0 Å². The molecule has 182 valence electrons. The highest BCUT2D eigenvalue weighted by Crippen LogP contribution is 2.28. The molecule has 2 amide bonds. The molecule has 14 heteroatoms. The maximum absolute atomic E-state index is 12.6. The summed E-state index contributed by atoms with van der Waals surface area (Å²) in [4.78, 5) is 39.5. The molecule has 0 aliphatic carbocycles. The van der Waals surface area contributed by atoms with Gasteiger partial charge in [0, 0.05) is 25.5 Å². The van der Waals surface area contributed by atoms with Crippen molar-refractivity contribution in [2.45, 2.75) is 26.2 Å². The highest BCUT2D eigenvalue weighted by Gasteiger charge is 2.18. The van der Waals surface area contributed by atoms with Crippen LogP contribution < -0.4 is 16.6 Å². The normalized spacial score (nSPS) is 10.7. The zero-order valence-electron chi connectivity index (χ0n) is 19.3. The molecule has 0 atom stereocenters. The quantitative estimate of drug-likeness (QED) is 0.395. The molecule has 14 nitrogen and oxygen atoms in total. The first kappa shape index (κ1) is 25.3. The summed E-state index contributed by atoms with van der Waals surface area (Å²) in [5.74, 6) is -1.07. The van der Waals surface area contributed by atoms with Crippen molar-refractivity contribution in [3.8, 4) is 23.8 Å². The Hall–Kier alpha value is -5.37. The number of nitrogens with two attached hydrogens (primary N) is 1. The molecule has 3 rings (SSSR count). The van der Waals surface area contributed by atoms with Crippen molar-refractivity contribution < 1.29 is 14.7 Å². The van der Waals surface area contributed by atoms with Crippen LogP contribution >= 0.6 is 0 Å². The zero-order chi connectivity index (χ0) is 26.4. The molecule has 0 aromatic carbocycles. The van der Waals surface area contributed by atoms with Gasteiger partial charge < -0.3 is 16.2 Å². The van der Waals surface area contributed by atoms with E-state index in [2.05, 4.69) is 25.6 Å². The lowest BCUT2D eigenvalue weighted by molar-refractivity contribution is -0.118. The van der Waals surface area contributed by atoms with E-state index in [0.717, 1.165) is 4.57 Å². The average molecular weight is 488 g/mol. The maximum atomic E-state index is 12.6. The Morgan fingerprint density at radius 3 is 2.56 bits per heavy atom. The maximum Gasteiger partial charge on any atom is 0.281 e. The van der Waals surface area contributed by atoms with Crippen LogP contribution in [0.15, 0.2) is 39.5 Å². The summed E-state index contributed by atoms with van der Waals surface area (Å²) in [5, 5.41) is 43.5. The number of anilines is 1. The minimum absolute atomic E-state index is 0.0266. The fourth-order valence-corrected chi connectivity index (χ4v) is 3.13. The molecule has 0 unspecified atom stereocenters. The number of amides is 2. The van der Waals surface area contributed by atoms with Gasteiger partial charge in [0.1, 0.15) is 23.3 Å². The SMILES string of the molecule is Cc1c(C#N)c(O)n(C)c(=O)c1N=Nc1c(C#N)cnn1-c1ccc(NC(=O)CCCC(N)=O)cn1. The molecule has 0 saturated carbocycles. The largest absolute Gasteiger partial charge is 0.493 e. The van der Waals surface area contributed by atoms with Crippen molar-refractivity contribution in [3.63, 3.8) is 0 Å². The third-order valence-electron chi connectivity index (χ3n) is 5.08. The van der Waals surface area contributed by atoms with Gasteiger partial charge in [0.2, 0.25) is 17.7 Å². The third kappa shape index (κ3) is 5.23. The summed E-state index contributed by atoms with van der Waals surface area (Å²) >= 11 is 0. The molecule has 36 heavy (non-hydrogen) atoms. The average Bonchev–Trinajstić information content (AvgIpc) is 3.26. The molecule has 3 aromatic rings. The van der Waals surface area contributed by atoms with E-state index >= 15 is 0 Å². The summed E-state index contributed by atoms with van der Waals surface area (Å²) < 4.78 is 2.08. The Morgan fingerprint density at radius 1 is 1.19 bits per heavy atom. The lowest BCUT2D eigenvalue weighted by Gasteiger charge is -2.08. The highest BCUT2D eigenvalue weighted by atomic mass is 16.3. The summed E-state index contributed by atoms with van der Waals surface area (Å²) in [6.45, 7) is 1.44. The van der Waals surface area contributed by atoms with Gasteiger partial charge in [0.25, 0.3) is 5.56 Å². The molecular weight excluding hydrogens is 468 g/mol. The molecular formula is C22H20N10O4. The number of nitriles is 2. The Balaban J connectivity index is 1.90. The first-order chi connectivity index (χ1) is 17.2. The lowest BCUT2D eigenvalue weighted by Crippen LogP contribution is -2.18. The number of aromatic nitrogens is 4. The smallest absolute Gasteiger partial charge is 0.281 e. The lowest BCUT2D eigenvalue weighted by atomic mass is 10.1. The molecule has 3 aromatic heterocycles. The van der Waals surface area contributed by atoms with Crippen LogP contribution in [-0.2, 0) is 16.6 Å². The van der Waals surface area contributed by atoms with E-state index in [1.807, 2.05) is 12.1 Å².